The summed E-state index contributed by atoms with van der Waals surface area (Å²) in [6.45, 7) is 3.74. The molecule has 0 atom stereocenters. The fraction of sp³-hybridized carbons (Fsp3) is 0.455. The molecule has 0 saturated heterocycles. The minimum atomic E-state index is -0.393. The van der Waals surface area contributed by atoms with E-state index >= 15 is 0 Å². The van der Waals surface area contributed by atoms with Crippen LogP contribution in [0.2, 0.25) is 0 Å². The van der Waals surface area contributed by atoms with Gasteiger partial charge in [0.1, 0.15) is 11.6 Å². The zero-order valence-electron chi connectivity index (χ0n) is 8.80. The number of hydrogen-bond donors (Lipinski definition) is 1. The summed E-state index contributed by atoms with van der Waals surface area (Å²) in [5.41, 5.74) is 6.04. The van der Waals surface area contributed by atoms with Gasteiger partial charge < -0.3 is 10.5 Å². The van der Waals surface area contributed by atoms with Gasteiger partial charge in [0.2, 0.25) is 0 Å². The Kier molecular flexibility index (Phi) is 3.11. The fourth-order valence-electron chi connectivity index (χ4n) is 1.29. The molecule has 3 heteroatoms. The second-order valence-corrected chi connectivity index (χ2v) is 4.12. The van der Waals surface area contributed by atoms with Crippen LogP contribution in [-0.4, -0.2) is 12.6 Å². The number of ether oxygens (including phenoxy) is 1. The SMILES string of the molecule is COc1ccc(CC(C)(C)N)c(F)c1. The molecule has 1 aromatic rings. The van der Waals surface area contributed by atoms with Crippen LogP contribution >= 0.6 is 0 Å². The molecule has 1 aromatic carbocycles. The molecule has 0 heterocycles. The van der Waals surface area contributed by atoms with E-state index in [4.69, 9.17) is 10.5 Å². The van der Waals surface area contributed by atoms with Gasteiger partial charge in [0, 0.05) is 11.6 Å². The summed E-state index contributed by atoms with van der Waals surface area (Å²) in [7, 11) is 1.52. The second-order valence-electron chi connectivity index (χ2n) is 4.12. The molecular formula is C11H16FNO. The predicted molar refractivity (Wildman–Crippen MR) is 54.9 cm³/mol. The van der Waals surface area contributed by atoms with Gasteiger partial charge in [0.25, 0.3) is 0 Å². The highest BCUT2D eigenvalue weighted by Crippen LogP contribution is 2.19. The summed E-state index contributed by atoms with van der Waals surface area (Å²) in [5.74, 6) is 0.268. The van der Waals surface area contributed by atoms with Crippen molar-refractivity contribution in [2.24, 2.45) is 5.73 Å². The predicted octanol–water partition coefficient (Wildman–Crippen LogP) is 2.11. The van der Waals surface area contributed by atoms with E-state index in [9.17, 15) is 4.39 Å². The van der Waals surface area contributed by atoms with E-state index < -0.39 is 5.54 Å². The summed E-state index contributed by atoms with van der Waals surface area (Å²) in [5, 5.41) is 0. The molecule has 2 nitrogen and oxygen atoms in total. The fourth-order valence-corrected chi connectivity index (χ4v) is 1.29. The van der Waals surface area contributed by atoms with E-state index in [1.807, 2.05) is 13.8 Å². The lowest BCUT2D eigenvalue weighted by molar-refractivity contribution is 0.409. The second kappa shape index (κ2) is 3.96. The van der Waals surface area contributed by atoms with Gasteiger partial charge in [-0.3, -0.25) is 0 Å². The molecule has 78 valence electrons. The smallest absolute Gasteiger partial charge is 0.130 e. The van der Waals surface area contributed by atoms with Crippen molar-refractivity contribution in [2.45, 2.75) is 25.8 Å². The van der Waals surface area contributed by atoms with Crippen molar-refractivity contribution in [3.63, 3.8) is 0 Å². The minimum absolute atomic E-state index is 0.261. The molecule has 0 aliphatic heterocycles. The first kappa shape index (κ1) is 11.0. The molecule has 0 aliphatic carbocycles. The van der Waals surface area contributed by atoms with Crippen molar-refractivity contribution in [3.05, 3.63) is 29.6 Å². The number of nitrogens with two attached hydrogens (primary N) is 1. The first-order valence-electron chi connectivity index (χ1n) is 4.54. The number of benzene rings is 1. The van der Waals surface area contributed by atoms with E-state index in [-0.39, 0.29) is 5.82 Å². The molecule has 0 aromatic heterocycles. The molecule has 0 saturated carbocycles. The maximum atomic E-state index is 13.4. The average molecular weight is 197 g/mol. The Labute approximate surface area is 83.9 Å². The van der Waals surface area contributed by atoms with Crippen LogP contribution in [0.3, 0.4) is 0 Å². The third-order valence-corrected chi connectivity index (χ3v) is 1.91. The normalized spacial score (nSPS) is 11.5. The Morgan fingerprint density at radius 1 is 1.43 bits per heavy atom. The molecule has 0 spiro atoms. The third kappa shape index (κ3) is 3.00. The zero-order valence-corrected chi connectivity index (χ0v) is 8.80. The molecule has 0 radical (unpaired) electrons. The Morgan fingerprint density at radius 3 is 2.50 bits per heavy atom. The van der Waals surface area contributed by atoms with Crippen LogP contribution in [0.5, 0.6) is 5.75 Å². The summed E-state index contributed by atoms with van der Waals surface area (Å²) < 4.78 is 18.3. The van der Waals surface area contributed by atoms with Crippen LogP contribution in [0.25, 0.3) is 0 Å². The van der Waals surface area contributed by atoms with Gasteiger partial charge in [-0.05, 0) is 31.9 Å². The van der Waals surface area contributed by atoms with E-state index in [2.05, 4.69) is 0 Å². The van der Waals surface area contributed by atoms with Gasteiger partial charge in [0.15, 0.2) is 0 Å². The first-order chi connectivity index (χ1) is 6.42. The minimum Gasteiger partial charge on any atom is -0.497 e. The third-order valence-electron chi connectivity index (χ3n) is 1.91. The maximum Gasteiger partial charge on any atom is 0.130 e. The van der Waals surface area contributed by atoms with Gasteiger partial charge in [-0.15, -0.1) is 0 Å². The maximum absolute atomic E-state index is 13.4. The molecule has 0 aliphatic rings. The van der Waals surface area contributed by atoms with Crippen molar-refractivity contribution in [1.29, 1.82) is 0 Å². The van der Waals surface area contributed by atoms with Crippen LogP contribution in [-0.2, 0) is 6.42 Å². The van der Waals surface area contributed by atoms with Crippen molar-refractivity contribution in [1.82, 2.24) is 0 Å². The van der Waals surface area contributed by atoms with Crippen molar-refractivity contribution in [2.75, 3.05) is 7.11 Å². The van der Waals surface area contributed by atoms with Crippen LogP contribution in [0.15, 0.2) is 18.2 Å². The van der Waals surface area contributed by atoms with Crippen LogP contribution in [0.1, 0.15) is 19.4 Å². The molecule has 14 heavy (non-hydrogen) atoms. The molecule has 0 bridgehead atoms. The first-order valence-corrected chi connectivity index (χ1v) is 4.54. The lowest BCUT2D eigenvalue weighted by atomic mass is 9.96. The monoisotopic (exact) mass is 197 g/mol. The van der Waals surface area contributed by atoms with Crippen LogP contribution in [0, 0.1) is 5.82 Å². The Balaban J connectivity index is 2.89. The van der Waals surface area contributed by atoms with Crippen LogP contribution in [0.4, 0.5) is 4.39 Å². The largest absolute Gasteiger partial charge is 0.497 e. The number of halogens is 1. The Morgan fingerprint density at radius 2 is 2.07 bits per heavy atom. The number of methoxy groups -OCH3 is 1. The van der Waals surface area contributed by atoms with Crippen LogP contribution < -0.4 is 10.5 Å². The van der Waals surface area contributed by atoms with E-state index in [1.165, 1.54) is 13.2 Å². The summed E-state index contributed by atoms with van der Waals surface area (Å²) in [6, 6.07) is 4.83. The molecule has 1 rings (SSSR count). The van der Waals surface area contributed by atoms with Gasteiger partial charge >= 0.3 is 0 Å². The lowest BCUT2D eigenvalue weighted by Crippen LogP contribution is -2.34. The number of hydrogen-bond acceptors (Lipinski definition) is 2. The standard InChI is InChI=1S/C11H16FNO/c1-11(2,13)7-8-4-5-9(14-3)6-10(8)12/h4-6H,7,13H2,1-3H3. The summed E-state index contributed by atoms with van der Waals surface area (Å²) in [4.78, 5) is 0. The topological polar surface area (TPSA) is 35.2 Å². The van der Waals surface area contributed by atoms with Gasteiger partial charge in [-0.2, -0.15) is 0 Å². The van der Waals surface area contributed by atoms with E-state index in [1.54, 1.807) is 12.1 Å². The zero-order chi connectivity index (χ0) is 10.8. The molecule has 0 amide bonds. The lowest BCUT2D eigenvalue weighted by Gasteiger charge is -2.18. The van der Waals surface area contributed by atoms with Crippen molar-refractivity contribution >= 4 is 0 Å². The summed E-state index contributed by atoms with van der Waals surface area (Å²) >= 11 is 0. The Bertz CT molecular complexity index is 318. The van der Waals surface area contributed by atoms with E-state index in [0.29, 0.717) is 17.7 Å². The Hall–Kier alpha value is -1.09. The van der Waals surface area contributed by atoms with Gasteiger partial charge in [-0.25, -0.2) is 4.39 Å². The highest BCUT2D eigenvalue weighted by atomic mass is 19.1. The quantitative estimate of drug-likeness (QED) is 0.805. The van der Waals surface area contributed by atoms with Crippen molar-refractivity contribution < 1.29 is 9.13 Å². The summed E-state index contributed by atoms with van der Waals surface area (Å²) in [6.07, 6.45) is 0.517. The van der Waals surface area contributed by atoms with Gasteiger partial charge in [-0.1, -0.05) is 6.07 Å². The molecule has 0 fully saturated rings. The average Bonchev–Trinajstić information content (AvgIpc) is 2.06. The van der Waals surface area contributed by atoms with Gasteiger partial charge in [0.05, 0.1) is 7.11 Å². The molecule has 0 unspecified atom stereocenters. The number of rotatable bonds is 3. The molecular weight excluding hydrogens is 181 g/mol. The highest BCUT2D eigenvalue weighted by Gasteiger charge is 2.14. The highest BCUT2D eigenvalue weighted by molar-refractivity contribution is 5.29. The molecule has 2 N–H and O–H groups in total. The van der Waals surface area contributed by atoms with E-state index in [0.717, 1.165) is 0 Å². The van der Waals surface area contributed by atoms with Crippen molar-refractivity contribution in [3.8, 4) is 5.75 Å².